The summed E-state index contributed by atoms with van der Waals surface area (Å²) in [5.74, 6) is -0.259. The quantitative estimate of drug-likeness (QED) is 0.326. The molecule has 0 spiro atoms. The van der Waals surface area contributed by atoms with Gasteiger partial charge in [0.1, 0.15) is 11.6 Å². The Morgan fingerprint density at radius 3 is 2.49 bits per heavy atom. The molecule has 0 bridgehead atoms. The topological polar surface area (TPSA) is 103 Å². The zero-order chi connectivity index (χ0) is 26.2. The van der Waals surface area contributed by atoms with Crippen LogP contribution in [0.2, 0.25) is 5.02 Å². The summed E-state index contributed by atoms with van der Waals surface area (Å²) < 4.78 is 50.2. The van der Waals surface area contributed by atoms with Crippen LogP contribution in [0.4, 0.5) is 10.2 Å². The van der Waals surface area contributed by atoms with Crippen LogP contribution in [-0.2, 0) is 10.0 Å². The van der Waals surface area contributed by atoms with Crippen molar-refractivity contribution in [3.8, 4) is 22.6 Å². The van der Waals surface area contributed by atoms with E-state index in [0.717, 1.165) is 0 Å². The molecular formula is C26H18ClFN4O4S. The van der Waals surface area contributed by atoms with Crippen molar-refractivity contribution in [2.75, 3.05) is 11.8 Å². The number of pyridine rings is 1. The first-order valence-corrected chi connectivity index (χ1v) is 12.7. The molecule has 1 N–H and O–H groups in total. The van der Waals surface area contributed by atoms with Crippen LogP contribution in [0, 0.1) is 5.82 Å². The number of nitrogens with one attached hydrogen (secondary N) is 1. The van der Waals surface area contributed by atoms with E-state index in [-0.39, 0.29) is 27.7 Å². The van der Waals surface area contributed by atoms with Crippen molar-refractivity contribution < 1.29 is 17.5 Å². The van der Waals surface area contributed by atoms with E-state index in [1.54, 1.807) is 30.3 Å². The lowest BCUT2D eigenvalue weighted by atomic mass is 10.0. The van der Waals surface area contributed by atoms with Crippen LogP contribution in [0.5, 0.6) is 5.75 Å². The van der Waals surface area contributed by atoms with Crippen LogP contribution < -0.4 is 15.0 Å². The van der Waals surface area contributed by atoms with Gasteiger partial charge >= 0.3 is 0 Å². The molecule has 0 unspecified atom stereocenters. The highest BCUT2D eigenvalue weighted by Gasteiger charge is 2.19. The normalized spacial score (nSPS) is 11.4. The van der Waals surface area contributed by atoms with Gasteiger partial charge < -0.3 is 4.74 Å². The molecule has 3 aromatic carbocycles. The number of nitrogens with zero attached hydrogens (tertiary/aromatic N) is 3. The summed E-state index contributed by atoms with van der Waals surface area (Å²) in [6, 6.07) is 19.4. The fourth-order valence-electron chi connectivity index (χ4n) is 3.92. The number of benzene rings is 3. The van der Waals surface area contributed by atoms with Crippen molar-refractivity contribution in [1.29, 1.82) is 0 Å². The lowest BCUT2D eigenvalue weighted by Gasteiger charge is -2.16. The van der Waals surface area contributed by atoms with E-state index in [1.165, 1.54) is 66.4 Å². The Hall–Kier alpha value is -4.28. The first-order chi connectivity index (χ1) is 17.8. The molecule has 0 amide bonds. The molecule has 2 heterocycles. The third kappa shape index (κ3) is 4.76. The number of hydrogen-bond donors (Lipinski definition) is 1. The number of fused-ring (bicyclic) bond motifs is 1. The Bertz CT molecular complexity index is 1790. The van der Waals surface area contributed by atoms with Crippen LogP contribution in [0.15, 0.2) is 94.7 Å². The molecule has 0 atom stereocenters. The summed E-state index contributed by atoms with van der Waals surface area (Å²) in [5.41, 5.74) is 0.943. The number of anilines is 1. The highest BCUT2D eigenvalue weighted by Crippen LogP contribution is 2.34. The minimum absolute atomic E-state index is 0.0490. The summed E-state index contributed by atoms with van der Waals surface area (Å²) in [4.78, 5) is 12.9. The monoisotopic (exact) mass is 536 g/mol. The Morgan fingerprint density at radius 1 is 1.00 bits per heavy atom. The predicted octanol–water partition coefficient (Wildman–Crippen LogP) is 5.05. The first-order valence-electron chi connectivity index (χ1n) is 10.9. The second-order valence-corrected chi connectivity index (χ2v) is 10.1. The van der Waals surface area contributed by atoms with E-state index in [9.17, 15) is 13.2 Å². The summed E-state index contributed by atoms with van der Waals surface area (Å²) in [7, 11) is -2.57. The van der Waals surface area contributed by atoms with Gasteiger partial charge in [0.15, 0.2) is 5.82 Å². The molecule has 11 heteroatoms. The van der Waals surface area contributed by atoms with Gasteiger partial charge in [-0.15, -0.1) is 5.10 Å². The molecule has 5 aromatic rings. The fraction of sp³-hybridized carbons (Fsp3) is 0.0385. The average molecular weight is 537 g/mol. The van der Waals surface area contributed by atoms with Crippen LogP contribution in [-0.4, -0.2) is 30.3 Å². The molecule has 0 aliphatic rings. The molecule has 8 nitrogen and oxygen atoms in total. The molecule has 37 heavy (non-hydrogen) atoms. The Kier molecular flexibility index (Phi) is 6.36. The van der Waals surface area contributed by atoms with Crippen LogP contribution in [0.25, 0.3) is 27.7 Å². The van der Waals surface area contributed by atoms with E-state index in [4.69, 9.17) is 16.3 Å². The molecule has 0 fully saturated rings. The number of methoxy groups -OCH3 is 1. The van der Waals surface area contributed by atoms with E-state index in [1.807, 2.05) is 0 Å². The smallest absolute Gasteiger partial charge is 0.263 e. The zero-order valence-corrected chi connectivity index (χ0v) is 20.8. The van der Waals surface area contributed by atoms with Gasteiger partial charge in [-0.05, 0) is 60.2 Å². The van der Waals surface area contributed by atoms with Gasteiger partial charge in [-0.25, -0.2) is 12.8 Å². The molecule has 0 saturated carbocycles. The van der Waals surface area contributed by atoms with E-state index in [0.29, 0.717) is 21.5 Å². The maximum atomic E-state index is 15.3. The third-order valence-electron chi connectivity index (χ3n) is 5.65. The molecule has 0 radical (unpaired) electrons. The largest absolute Gasteiger partial charge is 0.495 e. The minimum Gasteiger partial charge on any atom is -0.495 e. The lowest BCUT2D eigenvalue weighted by molar-refractivity contribution is 0.412. The van der Waals surface area contributed by atoms with Gasteiger partial charge in [0.25, 0.3) is 15.6 Å². The number of rotatable bonds is 6. The molecule has 0 aliphatic carbocycles. The second kappa shape index (κ2) is 9.64. The van der Waals surface area contributed by atoms with Gasteiger partial charge in [-0.3, -0.25) is 14.1 Å². The van der Waals surface area contributed by atoms with Crippen LogP contribution in [0.3, 0.4) is 0 Å². The van der Waals surface area contributed by atoms with Gasteiger partial charge in [0.05, 0.1) is 23.2 Å². The highest BCUT2D eigenvalue weighted by atomic mass is 35.5. The predicted molar refractivity (Wildman–Crippen MR) is 139 cm³/mol. The molecular weight excluding hydrogens is 519 g/mol. The molecule has 5 rings (SSSR count). The number of aromatic nitrogens is 3. The van der Waals surface area contributed by atoms with Crippen molar-refractivity contribution in [3.05, 3.63) is 106 Å². The summed E-state index contributed by atoms with van der Waals surface area (Å²) >= 11 is 5.95. The second-order valence-electron chi connectivity index (χ2n) is 7.95. The first kappa shape index (κ1) is 24.4. The number of halogens is 2. The lowest BCUT2D eigenvalue weighted by Crippen LogP contribution is -2.19. The number of ether oxygens (including phenoxy) is 1. The van der Waals surface area contributed by atoms with E-state index >= 15 is 4.39 Å². The molecule has 2 aromatic heterocycles. The summed E-state index contributed by atoms with van der Waals surface area (Å²) in [6.07, 6.45) is 1.42. The Labute approximate surface area is 216 Å². The number of sulfonamides is 1. The van der Waals surface area contributed by atoms with Gasteiger partial charge in [-0.1, -0.05) is 23.7 Å². The van der Waals surface area contributed by atoms with Gasteiger partial charge in [0.2, 0.25) is 0 Å². The molecule has 0 saturated heterocycles. The SMILES string of the molecule is COc1cc(-c2ccc(Cl)cc2)c(F)cc1-n1c(=O)ccc2cc(S(=O)(=O)Nc3cccnn3)ccc21. The summed E-state index contributed by atoms with van der Waals surface area (Å²) in [5, 5.41) is 8.35. The van der Waals surface area contributed by atoms with Crippen molar-refractivity contribution >= 4 is 38.3 Å². The fourth-order valence-corrected chi connectivity index (χ4v) is 5.08. The number of hydrogen-bond acceptors (Lipinski definition) is 6. The minimum atomic E-state index is -3.99. The van der Waals surface area contributed by atoms with Crippen molar-refractivity contribution in [2.45, 2.75) is 4.90 Å². The van der Waals surface area contributed by atoms with Crippen LogP contribution >= 0.6 is 11.6 Å². The van der Waals surface area contributed by atoms with Crippen molar-refractivity contribution in [2.24, 2.45) is 0 Å². The maximum Gasteiger partial charge on any atom is 0.263 e. The van der Waals surface area contributed by atoms with Crippen molar-refractivity contribution in [1.82, 2.24) is 14.8 Å². The summed E-state index contributed by atoms with van der Waals surface area (Å²) in [6.45, 7) is 0. The zero-order valence-electron chi connectivity index (χ0n) is 19.2. The van der Waals surface area contributed by atoms with E-state index in [2.05, 4.69) is 14.9 Å². The average Bonchev–Trinajstić information content (AvgIpc) is 2.89. The Balaban J connectivity index is 1.63. The third-order valence-corrected chi connectivity index (χ3v) is 7.26. The molecule has 186 valence electrons. The maximum absolute atomic E-state index is 15.3. The molecule has 0 aliphatic heterocycles. The Morgan fingerprint density at radius 2 is 1.78 bits per heavy atom. The van der Waals surface area contributed by atoms with E-state index < -0.39 is 21.4 Å². The van der Waals surface area contributed by atoms with Gasteiger partial charge in [0, 0.05) is 34.3 Å². The van der Waals surface area contributed by atoms with Crippen LogP contribution in [0.1, 0.15) is 0 Å². The van der Waals surface area contributed by atoms with Crippen molar-refractivity contribution in [3.63, 3.8) is 0 Å². The highest BCUT2D eigenvalue weighted by molar-refractivity contribution is 7.92. The van der Waals surface area contributed by atoms with Gasteiger partial charge in [-0.2, -0.15) is 5.10 Å². The standard InChI is InChI=1S/C26H18ClFN4O4S/c1-36-24-14-20(16-4-7-18(27)8-5-16)21(28)15-23(24)32-22-10-9-19(13-17(22)6-11-26(32)33)37(34,35)31-25-3-2-12-29-30-25/h2-15H,1H3,(H,30,31).